The summed E-state index contributed by atoms with van der Waals surface area (Å²) in [6.45, 7) is -0.514. The molecule has 1 aliphatic heterocycles. The summed E-state index contributed by atoms with van der Waals surface area (Å²) >= 11 is 3.12. The molecule has 102 valence electrons. The number of benzene rings is 1. The molecule has 1 aliphatic rings. The van der Waals surface area contributed by atoms with E-state index in [1.54, 1.807) is 0 Å². The minimum Gasteiger partial charge on any atom is -0.481 e. The van der Waals surface area contributed by atoms with Crippen LogP contribution in [-0.4, -0.2) is 29.7 Å². The van der Waals surface area contributed by atoms with Crippen LogP contribution in [0.25, 0.3) is 0 Å². The first-order valence-electron chi connectivity index (χ1n) is 5.12. The van der Waals surface area contributed by atoms with Gasteiger partial charge in [-0.25, -0.2) is 0 Å². The molecule has 0 aliphatic carbocycles. The number of nitrogens with zero attached hydrogens (tertiary/aromatic N) is 1. The number of carboxylic acid groups (broad SMARTS) is 1. The van der Waals surface area contributed by atoms with Crippen molar-refractivity contribution in [2.45, 2.75) is 12.1 Å². The number of hydrogen-bond acceptors (Lipinski definition) is 2. The Balaban J connectivity index is 2.48. The Morgan fingerprint density at radius 2 is 2.00 bits per heavy atom. The third-order valence-corrected chi connectivity index (χ3v) is 3.30. The van der Waals surface area contributed by atoms with Crippen LogP contribution in [0.3, 0.4) is 0 Å². The van der Waals surface area contributed by atoms with Crippen LogP contribution in [0.2, 0.25) is 0 Å². The minimum atomic E-state index is -5.03. The van der Waals surface area contributed by atoms with Gasteiger partial charge in [-0.1, -0.05) is 15.9 Å². The van der Waals surface area contributed by atoms with Gasteiger partial charge in [-0.3, -0.25) is 9.59 Å². The van der Waals surface area contributed by atoms with E-state index in [-0.39, 0.29) is 11.3 Å². The lowest BCUT2D eigenvalue weighted by molar-refractivity contribution is -0.170. The molecule has 0 bridgehead atoms. The lowest BCUT2D eigenvalue weighted by atomic mass is 10.0. The standard InChI is InChI=1S/C11H7BrF3NO3/c12-5-1-2-8-6(3-5)7(9(17)18)4-16(8)10(19)11(13,14)15/h1-3,7H,4H2,(H,17,18). The molecule has 1 N–H and O–H groups in total. The Labute approximate surface area is 113 Å². The second kappa shape index (κ2) is 4.52. The van der Waals surface area contributed by atoms with Crippen LogP contribution < -0.4 is 4.90 Å². The molecule has 1 aromatic rings. The molecule has 0 spiro atoms. The number of anilines is 1. The Morgan fingerprint density at radius 1 is 1.37 bits per heavy atom. The van der Waals surface area contributed by atoms with Crippen LogP contribution in [0.5, 0.6) is 0 Å². The summed E-state index contributed by atoms with van der Waals surface area (Å²) < 4.78 is 37.9. The van der Waals surface area contributed by atoms with Gasteiger partial charge in [-0.05, 0) is 23.8 Å². The fraction of sp³-hybridized carbons (Fsp3) is 0.273. The number of amides is 1. The molecule has 2 rings (SSSR count). The fourth-order valence-electron chi connectivity index (χ4n) is 1.99. The third-order valence-electron chi connectivity index (χ3n) is 2.81. The van der Waals surface area contributed by atoms with Crippen molar-refractivity contribution in [3.05, 3.63) is 28.2 Å². The van der Waals surface area contributed by atoms with Crippen LogP contribution in [-0.2, 0) is 9.59 Å². The summed E-state index contributed by atoms with van der Waals surface area (Å²) in [7, 11) is 0. The molecule has 0 aromatic heterocycles. The number of fused-ring (bicyclic) bond motifs is 1. The predicted molar refractivity (Wildman–Crippen MR) is 62.9 cm³/mol. The first-order valence-corrected chi connectivity index (χ1v) is 5.92. The van der Waals surface area contributed by atoms with E-state index in [9.17, 15) is 22.8 Å². The van der Waals surface area contributed by atoms with E-state index < -0.39 is 30.5 Å². The summed E-state index contributed by atoms with van der Waals surface area (Å²) in [5.74, 6) is -4.48. The van der Waals surface area contributed by atoms with Crippen LogP contribution in [0.15, 0.2) is 22.7 Å². The van der Waals surface area contributed by atoms with Crippen molar-refractivity contribution in [2.24, 2.45) is 0 Å². The number of carbonyl (C=O) groups excluding carboxylic acids is 1. The van der Waals surface area contributed by atoms with Crippen molar-refractivity contribution < 1.29 is 27.9 Å². The largest absolute Gasteiger partial charge is 0.481 e. The number of aliphatic carboxylic acids is 1. The monoisotopic (exact) mass is 337 g/mol. The second-order valence-electron chi connectivity index (χ2n) is 4.01. The third kappa shape index (κ3) is 2.44. The molecule has 1 amide bonds. The SMILES string of the molecule is O=C(O)C1CN(C(=O)C(F)(F)F)c2ccc(Br)cc21. The maximum atomic E-state index is 12.5. The van der Waals surface area contributed by atoms with Gasteiger partial charge in [0.05, 0.1) is 0 Å². The first kappa shape index (κ1) is 13.9. The number of halogens is 4. The van der Waals surface area contributed by atoms with Crippen molar-refractivity contribution in [1.82, 2.24) is 0 Å². The van der Waals surface area contributed by atoms with Gasteiger partial charge in [-0.2, -0.15) is 13.2 Å². The topological polar surface area (TPSA) is 57.6 Å². The Bertz CT molecular complexity index is 559. The van der Waals surface area contributed by atoms with E-state index in [1.807, 2.05) is 0 Å². The first-order chi connectivity index (χ1) is 8.71. The molecule has 8 heteroatoms. The molecule has 19 heavy (non-hydrogen) atoms. The molecule has 0 saturated carbocycles. The number of rotatable bonds is 1. The molecule has 0 radical (unpaired) electrons. The summed E-state index contributed by atoms with van der Waals surface area (Å²) in [6, 6.07) is 4.17. The zero-order chi connectivity index (χ0) is 14.4. The van der Waals surface area contributed by atoms with Gasteiger partial charge in [0.25, 0.3) is 0 Å². The highest BCUT2D eigenvalue weighted by atomic mass is 79.9. The summed E-state index contributed by atoms with van der Waals surface area (Å²) in [4.78, 5) is 22.8. The Hall–Kier alpha value is -1.57. The Kier molecular flexibility index (Phi) is 3.29. The minimum absolute atomic E-state index is 0.0158. The van der Waals surface area contributed by atoms with Crippen LogP contribution in [0.1, 0.15) is 11.5 Å². The Morgan fingerprint density at radius 3 is 2.53 bits per heavy atom. The molecule has 1 unspecified atom stereocenters. The second-order valence-corrected chi connectivity index (χ2v) is 4.92. The fourth-order valence-corrected chi connectivity index (χ4v) is 2.36. The van der Waals surface area contributed by atoms with Gasteiger partial charge in [-0.15, -0.1) is 0 Å². The maximum absolute atomic E-state index is 12.5. The van der Waals surface area contributed by atoms with Crippen LogP contribution in [0, 0.1) is 0 Å². The van der Waals surface area contributed by atoms with Crippen molar-refractivity contribution in [3.63, 3.8) is 0 Å². The maximum Gasteiger partial charge on any atom is 0.471 e. The molecular formula is C11H7BrF3NO3. The smallest absolute Gasteiger partial charge is 0.471 e. The lowest BCUT2D eigenvalue weighted by Gasteiger charge is -2.18. The van der Waals surface area contributed by atoms with E-state index in [0.717, 1.165) is 0 Å². The van der Waals surface area contributed by atoms with Crippen molar-refractivity contribution in [2.75, 3.05) is 11.4 Å². The number of alkyl halides is 3. The van der Waals surface area contributed by atoms with Gasteiger partial charge in [0.1, 0.15) is 5.92 Å². The zero-order valence-corrected chi connectivity index (χ0v) is 10.8. The van der Waals surface area contributed by atoms with E-state index in [0.29, 0.717) is 9.37 Å². The average Bonchev–Trinajstić information content (AvgIpc) is 2.65. The molecule has 0 saturated heterocycles. The van der Waals surface area contributed by atoms with Gasteiger partial charge in [0, 0.05) is 16.7 Å². The van der Waals surface area contributed by atoms with Gasteiger partial charge < -0.3 is 10.0 Å². The van der Waals surface area contributed by atoms with E-state index >= 15 is 0 Å². The van der Waals surface area contributed by atoms with Crippen molar-refractivity contribution in [3.8, 4) is 0 Å². The zero-order valence-electron chi connectivity index (χ0n) is 9.24. The highest BCUT2D eigenvalue weighted by Gasteiger charge is 2.47. The quantitative estimate of drug-likeness (QED) is 0.856. The molecule has 1 heterocycles. The summed E-state index contributed by atoms with van der Waals surface area (Å²) in [6.07, 6.45) is -5.03. The van der Waals surface area contributed by atoms with Crippen molar-refractivity contribution in [1.29, 1.82) is 0 Å². The average molecular weight is 338 g/mol. The normalized spacial score (nSPS) is 18.3. The highest BCUT2D eigenvalue weighted by Crippen LogP contribution is 2.39. The van der Waals surface area contributed by atoms with Crippen LogP contribution >= 0.6 is 15.9 Å². The molecule has 1 atom stereocenters. The van der Waals surface area contributed by atoms with E-state index in [1.165, 1.54) is 18.2 Å². The predicted octanol–water partition coefficient (Wildman–Crippen LogP) is 2.53. The van der Waals surface area contributed by atoms with Gasteiger partial charge >= 0.3 is 18.1 Å². The van der Waals surface area contributed by atoms with Gasteiger partial charge in [0.2, 0.25) is 0 Å². The van der Waals surface area contributed by atoms with E-state index in [4.69, 9.17) is 5.11 Å². The summed E-state index contributed by atoms with van der Waals surface area (Å²) in [5, 5.41) is 9.02. The molecule has 1 aromatic carbocycles. The van der Waals surface area contributed by atoms with Crippen LogP contribution in [0.4, 0.5) is 18.9 Å². The number of carboxylic acids is 1. The number of hydrogen-bond donors (Lipinski definition) is 1. The summed E-state index contributed by atoms with van der Waals surface area (Å²) in [5.41, 5.74) is 0.178. The highest BCUT2D eigenvalue weighted by molar-refractivity contribution is 9.10. The molecule has 0 fully saturated rings. The van der Waals surface area contributed by atoms with Gasteiger partial charge in [0.15, 0.2) is 0 Å². The van der Waals surface area contributed by atoms with Crippen molar-refractivity contribution >= 4 is 33.5 Å². The molecular weight excluding hydrogens is 331 g/mol. The lowest BCUT2D eigenvalue weighted by Crippen LogP contribution is -2.41. The molecule has 4 nitrogen and oxygen atoms in total. The number of carbonyl (C=O) groups is 2. The van der Waals surface area contributed by atoms with E-state index in [2.05, 4.69) is 15.9 Å².